The van der Waals surface area contributed by atoms with Gasteiger partial charge in [-0.1, -0.05) is 20.8 Å². The fraction of sp³-hybridized carbons (Fsp3) is 0.958. The third-order valence-electron chi connectivity index (χ3n) is 10.2. The average molecular weight is 395 g/mol. The molecule has 0 heterocycles. The standard InChI is InChI=1S/C24H40O3.H2O/c1-15(5-4-12-25)19-8-9-20-18-7-6-16-13-17(26)10-11-23(16,2)21(18)14-22(27)24(19,20)3;/h12,15-22,26-27H,4-11,13-14H2,1-3H3;1H2/t15-,16-,17-,18+,19-,20+,21+,22+,23+,24-;/m1./s1. The Morgan fingerprint density at radius 2 is 1.79 bits per heavy atom. The van der Waals surface area contributed by atoms with Crippen molar-refractivity contribution in [1.29, 1.82) is 0 Å². The normalized spacial score (nSPS) is 51.2. The Balaban J connectivity index is 0.00000225. The Morgan fingerprint density at radius 3 is 2.50 bits per heavy atom. The van der Waals surface area contributed by atoms with Crippen LogP contribution in [-0.4, -0.2) is 34.2 Å². The molecule has 0 aromatic carbocycles. The zero-order valence-corrected chi connectivity index (χ0v) is 18.1. The van der Waals surface area contributed by atoms with E-state index in [2.05, 4.69) is 20.8 Å². The predicted molar refractivity (Wildman–Crippen MR) is 111 cm³/mol. The quantitative estimate of drug-likeness (QED) is 0.711. The van der Waals surface area contributed by atoms with Crippen LogP contribution in [0.25, 0.3) is 0 Å². The van der Waals surface area contributed by atoms with E-state index in [9.17, 15) is 15.0 Å². The van der Waals surface area contributed by atoms with Gasteiger partial charge in [-0.15, -0.1) is 0 Å². The minimum Gasteiger partial charge on any atom is -0.412 e. The minimum absolute atomic E-state index is 0. The summed E-state index contributed by atoms with van der Waals surface area (Å²) in [7, 11) is 0. The third kappa shape index (κ3) is 3.18. The lowest BCUT2D eigenvalue weighted by atomic mass is 9.43. The summed E-state index contributed by atoms with van der Waals surface area (Å²) in [5, 5.41) is 21.7. The number of hydrogen-bond acceptors (Lipinski definition) is 3. The van der Waals surface area contributed by atoms with Crippen molar-refractivity contribution in [3.63, 3.8) is 0 Å². The molecule has 0 saturated heterocycles. The van der Waals surface area contributed by atoms with Crippen molar-refractivity contribution in [3.05, 3.63) is 0 Å². The van der Waals surface area contributed by atoms with E-state index >= 15 is 0 Å². The largest absolute Gasteiger partial charge is 0.412 e. The van der Waals surface area contributed by atoms with E-state index in [0.717, 1.165) is 44.3 Å². The lowest BCUT2D eigenvalue weighted by molar-refractivity contribution is -0.174. The van der Waals surface area contributed by atoms with Gasteiger partial charge in [0.2, 0.25) is 0 Å². The molecule has 4 heteroatoms. The molecule has 0 spiro atoms. The van der Waals surface area contributed by atoms with Gasteiger partial charge in [-0.3, -0.25) is 0 Å². The summed E-state index contributed by atoms with van der Waals surface area (Å²) in [6.07, 6.45) is 11.4. The second kappa shape index (κ2) is 8.00. The smallest absolute Gasteiger partial charge is 0.120 e. The van der Waals surface area contributed by atoms with E-state index in [1.54, 1.807) is 0 Å². The lowest BCUT2D eigenvalue weighted by Crippen LogP contribution is -2.58. The molecule has 0 unspecified atom stereocenters. The van der Waals surface area contributed by atoms with Crippen LogP contribution in [0.5, 0.6) is 0 Å². The number of aliphatic hydroxyl groups is 2. The number of fused-ring (bicyclic) bond motifs is 5. The van der Waals surface area contributed by atoms with Crippen LogP contribution in [0, 0.1) is 46.3 Å². The van der Waals surface area contributed by atoms with E-state index in [4.69, 9.17) is 0 Å². The SMILES string of the molecule is C[C@H](CCC=O)[C@H]1CC[C@H]2[C@@H]3CC[C@@H]4C[C@H](O)CC[C@]4(C)[C@H]3C[C@H](O)[C@]12C.O. The van der Waals surface area contributed by atoms with Crippen molar-refractivity contribution in [2.75, 3.05) is 0 Å². The first-order chi connectivity index (χ1) is 12.8. The van der Waals surface area contributed by atoms with Gasteiger partial charge in [0.1, 0.15) is 6.29 Å². The molecule has 28 heavy (non-hydrogen) atoms. The Bertz CT molecular complexity index is 565. The Labute approximate surface area is 170 Å². The summed E-state index contributed by atoms with van der Waals surface area (Å²) >= 11 is 0. The molecule has 0 amide bonds. The second-order valence-electron chi connectivity index (χ2n) is 11.1. The van der Waals surface area contributed by atoms with Gasteiger partial charge in [0.05, 0.1) is 12.2 Å². The van der Waals surface area contributed by atoms with Gasteiger partial charge in [0.15, 0.2) is 0 Å². The minimum atomic E-state index is -0.211. The predicted octanol–water partition coefficient (Wildman–Crippen LogP) is 3.77. The molecule has 10 atom stereocenters. The molecule has 4 aliphatic rings. The number of carbonyl (C=O) groups excluding carboxylic acids is 1. The molecule has 4 nitrogen and oxygen atoms in total. The zero-order chi connectivity index (χ0) is 19.4. The van der Waals surface area contributed by atoms with Crippen LogP contribution >= 0.6 is 0 Å². The molecule has 4 rings (SSSR count). The molecule has 4 aliphatic carbocycles. The number of aldehydes is 1. The molecule has 0 aromatic heterocycles. The molecule has 0 aromatic rings. The number of carbonyl (C=O) groups is 1. The van der Waals surface area contributed by atoms with Crippen molar-refractivity contribution < 1.29 is 20.5 Å². The van der Waals surface area contributed by atoms with E-state index in [1.165, 1.54) is 25.7 Å². The molecule has 162 valence electrons. The Morgan fingerprint density at radius 1 is 1.04 bits per heavy atom. The van der Waals surface area contributed by atoms with Crippen molar-refractivity contribution >= 4 is 6.29 Å². The highest BCUT2D eigenvalue weighted by Crippen LogP contribution is 2.68. The van der Waals surface area contributed by atoms with Crippen LogP contribution in [0.1, 0.15) is 85.0 Å². The molecule has 0 bridgehead atoms. The number of aliphatic hydroxyl groups excluding tert-OH is 2. The van der Waals surface area contributed by atoms with E-state index < -0.39 is 0 Å². The van der Waals surface area contributed by atoms with Gasteiger partial charge >= 0.3 is 0 Å². The average Bonchev–Trinajstić information content (AvgIpc) is 3.00. The van der Waals surface area contributed by atoms with Crippen molar-refractivity contribution in [2.24, 2.45) is 46.3 Å². The van der Waals surface area contributed by atoms with Crippen molar-refractivity contribution in [1.82, 2.24) is 0 Å². The van der Waals surface area contributed by atoms with Gasteiger partial charge in [0.25, 0.3) is 0 Å². The topological polar surface area (TPSA) is 89.0 Å². The zero-order valence-electron chi connectivity index (χ0n) is 18.1. The fourth-order valence-electron chi connectivity index (χ4n) is 8.69. The summed E-state index contributed by atoms with van der Waals surface area (Å²) in [6, 6.07) is 0. The molecular formula is C24H42O4. The van der Waals surface area contributed by atoms with Crippen LogP contribution in [-0.2, 0) is 4.79 Å². The molecule has 4 fully saturated rings. The van der Waals surface area contributed by atoms with Crippen LogP contribution in [0.15, 0.2) is 0 Å². The molecule has 0 radical (unpaired) electrons. The first-order valence-electron chi connectivity index (χ1n) is 11.6. The third-order valence-corrected chi connectivity index (χ3v) is 10.2. The maximum Gasteiger partial charge on any atom is 0.120 e. The first-order valence-corrected chi connectivity index (χ1v) is 11.6. The summed E-state index contributed by atoms with van der Waals surface area (Å²) in [5.74, 6) is 3.73. The Kier molecular flexibility index (Phi) is 6.35. The van der Waals surface area contributed by atoms with E-state index in [-0.39, 0.29) is 23.1 Å². The van der Waals surface area contributed by atoms with Gasteiger partial charge in [0, 0.05) is 6.42 Å². The van der Waals surface area contributed by atoms with Crippen LogP contribution in [0.3, 0.4) is 0 Å². The lowest BCUT2D eigenvalue weighted by Gasteiger charge is -2.62. The van der Waals surface area contributed by atoms with Crippen LogP contribution < -0.4 is 0 Å². The molecule has 4 N–H and O–H groups in total. The summed E-state index contributed by atoms with van der Waals surface area (Å²) in [6.45, 7) is 7.17. The summed E-state index contributed by atoms with van der Waals surface area (Å²) < 4.78 is 0. The molecule has 4 saturated carbocycles. The first kappa shape index (κ1) is 22.2. The highest BCUT2D eigenvalue weighted by molar-refractivity contribution is 5.49. The highest BCUT2D eigenvalue weighted by atomic mass is 16.3. The maximum absolute atomic E-state index is 11.5. The van der Waals surface area contributed by atoms with Crippen molar-refractivity contribution in [3.8, 4) is 0 Å². The second-order valence-corrected chi connectivity index (χ2v) is 11.1. The van der Waals surface area contributed by atoms with Gasteiger partial charge in [-0.05, 0) is 104 Å². The summed E-state index contributed by atoms with van der Waals surface area (Å²) in [4.78, 5) is 10.9. The highest BCUT2D eigenvalue weighted by Gasteiger charge is 2.63. The van der Waals surface area contributed by atoms with Crippen LogP contribution in [0.4, 0.5) is 0 Å². The number of rotatable bonds is 4. The van der Waals surface area contributed by atoms with Gasteiger partial charge in [-0.2, -0.15) is 0 Å². The van der Waals surface area contributed by atoms with Gasteiger partial charge < -0.3 is 20.5 Å². The fourth-order valence-corrected chi connectivity index (χ4v) is 8.69. The molecule has 0 aliphatic heterocycles. The Hall–Kier alpha value is -0.450. The van der Waals surface area contributed by atoms with E-state index in [1.807, 2.05) is 0 Å². The monoisotopic (exact) mass is 394 g/mol. The van der Waals surface area contributed by atoms with E-state index in [0.29, 0.717) is 41.4 Å². The van der Waals surface area contributed by atoms with Gasteiger partial charge in [-0.25, -0.2) is 0 Å². The maximum atomic E-state index is 11.5. The van der Waals surface area contributed by atoms with Crippen molar-refractivity contribution in [2.45, 2.75) is 97.2 Å². The summed E-state index contributed by atoms with van der Waals surface area (Å²) in [5.41, 5.74) is 0.340. The van der Waals surface area contributed by atoms with Crippen LogP contribution in [0.2, 0.25) is 0 Å². The number of hydrogen-bond donors (Lipinski definition) is 2. The molecular weight excluding hydrogens is 352 g/mol.